The van der Waals surface area contributed by atoms with Crippen LogP contribution in [-0.2, 0) is 17.9 Å². The molecule has 0 aliphatic heterocycles. The van der Waals surface area contributed by atoms with E-state index in [2.05, 4.69) is 4.98 Å². The van der Waals surface area contributed by atoms with Gasteiger partial charge in [0.1, 0.15) is 0 Å². The molecule has 0 aliphatic carbocycles. The van der Waals surface area contributed by atoms with Crippen molar-refractivity contribution in [2.24, 2.45) is 0 Å². The fraction of sp³-hybridized carbons (Fsp3) is 0.238. The highest BCUT2D eigenvalue weighted by atomic mass is 16.2. The first kappa shape index (κ1) is 17.0. The third-order valence-electron chi connectivity index (χ3n) is 4.47. The number of pyridine rings is 1. The number of fused-ring (bicyclic) bond motifs is 1. The molecule has 4 heteroatoms. The van der Waals surface area contributed by atoms with Crippen molar-refractivity contribution in [3.63, 3.8) is 0 Å². The third kappa shape index (κ3) is 3.79. The number of H-pyrrole nitrogens is 1. The van der Waals surface area contributed by atoms with Crippen molar-refractivity contribution in [3.8, 4) is 0 Å². The molecule has 1 amide bonds. The van der Waals surface area contributed by atoms with Gasteiger partial charge in [0.05, 0.1) is 12.1 Å². The molecule has 0 spiro atoms. The highest BCUT2D eigenvalue weighted by Gasteiger charge is 2.13. The van der Waals surface area contributed by atoms with Crippen LogP contribution >= 0.6 is 0 Å². The van der Waals surface area contributed by atoms with E-state index in [-0.39, 0.29) is 11.5 Å². The molecular formula is C21H22N2O2. The van der Waals surface area contributed by atoms with Gasteiger partial charge in [0.15, 0.2) is 0 Å². The number of aryl methyl sites for hydroxylation is 2. The largest absolute Gasteiger partial charge is 0.334 e. The fourth-order valence-corrected chi connectivity index (χ4v) is 2.94. The summed E-state index contributed by atoms with van der Waals surface area (Å²) in [5.41, 5.74) is 4.57. The first-order chi connectivity index (χ1) is 11.9. The second-order valence-corrected chi connectivity index (χ2v) is 6.52. The fourth-order valence-electron chi connectivity index (χ4n) is 2.94. The molecule has 0 unspecified atom stereocenters. The predicted octanol–water partition coefficient (Wildman–Crippen LogP) is 3.69. The number of hydrogen-bond acceptors (Lipinski definition) is 2. The summed E-state index contributed by atoms with van der Waals surface area (Å²) in [5, 5.41) is 0.980. The van der Waals surface area contributed by atoms with Gasteiger partial charge < -0.3 is 9.88 Å². The Morgan fingerprint density at radius 2 is 1.76 bits per heavy atom. The van der Waals surface area contributed by atoms with Gasteiger partial charge in [-0.25, -0.2) is 0 Å². The number of carbonyl (C=O) groups is 1. The number of nitrogens with one attached hydrogen (secondary N) is 1. The molecule has 2 aromatic carbocycles. The van der Waals surface area contributed by atoms with Crippen LogP contribution in [0.4, 0.5) is 0 Å². The zero-order valence-corrected chi connectivity index (χ0v) is 14.8. The van der Waals surface area contributed by atoms with E-state index in [1.165, 1.54) is 12.5 Å². The Morgan fingerprint density at radius 3 is 2.44 bits per heavy atom. The average Bonchev–Trinajstić information content (AvgIpc) is 2.57. The highest BCUT2D eigenvalue weighted by Crippen LogP contribution is 2.16. The Hall–Kier alpha value is -2.88. The van der Waals surface area contributed by atoms with Crippen molar-refractivity contribution >= 4 is 16.8 Å². The van der Waals surface area contributed by atoms with Crippen LogP contribution in [-0.4, -0.2) is 15.8 Å². The Bertz CT molecular complexity index is 971. The lowest BCUT2D eigenvalue weighted by atomic mass is 10.1. The van der Waals surface area contributed by atoms with Crippen LogP contribution in [0.15, 0.2) is 53.3 Å². The minimum atomic E-state index is -0.142. The van der Waals surface area contributed by atoms with Gasteiger partial charge >= 0.3 is 0 Å². The number of nitrogens with zero attached hydrogens (tertiary/aromatic N) is 1. The monoisotopic (exact) mass is 334 g/mol. The molecule has 0 saturated heterocycles. The third-order valence-corrected chi connectivity index (χ3v) is 4.47. The maximum Gasteiger partial charge on any atom is 0.253 e. The van der Waals surface area contributed by atoms with Gasteiger partial charge in [-0.3, -0.25) is 9.59 Å². The molecule has 0 saturated carbocycles. The molecular weight excluding hydrogens is 312 g/mol. The Kier molecular flexibility index (Phi) is 4.70. The standard InChI is InChI=1S/C21H22N2O2/c1-14-7-9-17(10-8-14)12-23(16(3)24)13-19-11-18-6-4-5-15(2)20(18)22-21(19)25/h4-11H,12-13H2,1-3H3,(H,22,25). The van der Waals surface area contributed by atoms with Gasteiger partial charge in [-0.2, -0.15) is 0 Å². The summed E-state index contributed by atoms with van der Waals surface area (Å²) in [6, 6.07) is 15.9. The average molecular weight is 334 g/mol. The van der Waals surface area contributed by atoms with Gasteiger partial charge in [0.25, 0.3) is 5.56 Å². The number of aromatic amines is 1. The Balaban J connectivity index is 1.91. The summed E-state index contributed by atoms with van der Waals surface area (Å²) in [6.07, 6.45) is 0. The summed E-state index contributed by atoms with van der Waals surface area (Å²) >= 11 is 0. The summed E-state index contributed by atoms with van der Waals surface area (Å²) < 4.78 is 0. The molecule has 0 fully saturated rings. The van der Waals surface area contributed by atoms with Gasteiger partial charge in [-0.05, 0) is 36.4 Å². The molecule has 128 valence electrons. The Morgan fingerprint density at radius 1 is 1.04 bits per heavy atom. The molecule has 0 aliphatic rings. The molecule has 0 radical (unpaired) electrons. The maximum atomic E-state index is 12.4. The van der Waals surface area contributed by atoms with E-state index in [1.54, 1.807) is 4.90 Å². The lowest BCUT2D eigenvalue weighted by Crippen LogP contribution is -2.30. The number of aromatic nitrogens is 1. The van der Waals surface area contributed by atoms with Crippen molar-refractivity contribution in [2.75, 3.05) is 0 Å². The van der Waals surface area contributed by atoms with Gasteiger partial charge in [0, 0.05) is 19.0 Å². The molecule has 0 atom stereocenters. The molecule has 4 nitrogen and oxygen atoms in total. The number of carbonyl (C=O) groups excluding carboxylic acids is 1. The van der Waals surface area contributed by atoms with Gasteiger partial charge in [-0.1, -0.05) is 48.0 Å². The summed E-state index contributed by atoms with van der Waals surface area (Å²) in [7, 11) is 0. The van der Waals surface area contributed by atoms with Crippen molar-refractivity contribution in [1.82, 2.24) is 9.88 Å². The summed E-state index contributed by atoms with van der Waals surface area (Å²) in [6.45, 7) is 6.32. The number of para-hydroxylation sites is 1. The van der Waals surface area contributed by atoms with Crippen LogP contribution in [0.2, 0.25) is 0 Å². The van der Waals surface area contributed by atoms with E-state index in [4.69, 9.17) is 0 Å². The smallest absolute Gasteiger partial charge is 0.253 e. The lowest BCUT2D eigenvalue weighted by Gasteiger charge is -2.21. The zero-order valence-electron chi connectivity index (χ0n) is 14.8. The van der Waals surface area contributed by atoms with Crippen LogP contribution in [0.5, 0.6) is 0 Å². The second-order valence-electron chi connectivity index (χ2n) is 6.52. The minimum absolute atomic E-state index is 0.0516. The maximum absolute atomic E-state index is 12.4. The van der Waals surface area contributed by atoms with Crippen LogP contribution in [0.1, 0.15) is 29.2 Å². The van der Waals surface area contributed by atoms with E-state index in [0.29, 0.717) is 18.7 Å². The minimum Gasteiger partial charge on any atom is -0.334 e. The second kappa shape index (κ2) is 6.93. The zero-order chi connectivity index (χ0) is 18.0. The van der Waals surface area contributed by atoms with E-state index < -0.39 is 0 Å². The van der Waals surface area contributed by atoms with E-state index in [0.717, 1.165) is 22.0 Å². The van der Waals surface area contributed by atoms with E-state index >= 15 is 0 Å². The number of amides is 1. The molecule has 1 aromatic heterocycles. The van der Waals surface area contributed by atoms with Crippen LogP contribution in [0.3, 0.4) is 0 Å². The molecule has 1 heterocycles. The predicted molar refractivity (Wildman–Crippen MR) is 100 cm³/mol. The van der Waals surface area contributed by atoms with Crippen LogP contribution in [0.25, 0.3) is 10.9 Å². The highest BCUT2D eigenvalue weighted by molar-refractivity contribution is 5.82. The summed E-state index contributed by atoms with van der Waals surface area (Å²) in [5.74, 6) is -0.0516. The van der Waals surface area contributed by atoms with Crippen molar-refractivity contribution in [1.29, 1.82) is 0 Å². The van der Waals surface area contributed by atoms with E-state index in [9.17, 15) is 9.59 Å². The molecule has 0 bridgehead atoms. The van der Waals surface area contributed by atoms with E-state index in [1.807, 2.05) is 62.4 Å². The SMILES string of the molecule is CC(=O)N(Cc1ccc(C)cc1)Cc1cc2cccc(C)c2[nH]c1=O. The summed E-state index contributed by atoms with van der Waals surface area (Å²) in [4.78, 5) is 29.1. The number of benzene rings is 2. The van der Waals surface area contributed by atoms with Crippen molar-refractivity contribution in [2.45, 2.75) is 33.9 Å². The topological polar surface area (TPSA) is 53.2 Å². The molecule has 3 rings (SSSR count). The lowest BCUT2D eigenvalue weighted by molar-refractivity contribution is -0.130. The van der Waals surface area contributed by atoms with Crippen molar-refractivity contribution < 1.29 is 4.79 Å². The van der Waals surface area contributed by atoms with Crippen LogP contribution in [0, 0.1) is 13.8 Å². The molecule has 3 aromatic rings. The molecule has 25 heavy (non-hydrogen) atoms. The Labute approximate surface area is 147 Å². The normalized spacial score (nSPS) is 10.8. The number of hydrogen-bond donors (Lipinski definition) is 1. The number of rotatable bonds is 4. The molecule has 1 N–H and O–H groups in total. The van der Waals surface area contributed by atoms with Gasteiger partial charge in [-0.15, -0.1) is 0 Å². The van der Waals surface area contributed by atoms with Crippen molar-refractivity contribution in [3.05, 3.63) is 81.1 Å². The quantitative estimate of drug-likeness (QED) is 0.791. The van der Waals surface area contributed by atoms with Crippen LogP contribution < -0.4 is 5.56 Å². The first-order valence-corrected chi connectivity index (χ1v) is 8.36. The first-order valence-electron chi connectivity index (χ1n) is 8.36. The van der Waals surface area contributed by atoms with Gasteiger partial charge in [0.2, 0.25) is 5.91 Å².